The first-order valence-electron chi connectivity index (χ1n) is 10.0. The van der Waals surface area contributed by atoms with Crippen LogP contribution >= 0.6 is 11.3 Å². The van der Waals surface area contributed by atoms with Gasteiger partial charge in [0.05, 0.1) is 23.3 Å². The van der Waals surface area contributed by atoms with Crippen molar-refractivity contribution >= 4 is 27.5 Å². The van der Waals surface area contributed by atoms with Crippen molar-refractivity contribution in [2.45, 2.75) is 25.8 Å². The lowest BCUT2D eigenvalue weighted by molar-refractivity contribution is -0.133. The van der Waals surface area contributed by atoms with E-state index in [0.717, 1.165) is 49.4 Å². The quantitative estimate of drug-likeness (QED) is 0.629. The van der Waals surface area contributed by atoms with Gasteiger partial charge in [0.2, 0.25) is 5.91 Å². The number of nitrogens with zero attached hydrogens (tertiary/aromatic N) is 3. The van der Waals surface area contributed by atoms with Crippen LogP contribution in [0.5, 0.6) is 0 Å². The third-order valence-corrected chi connectivity index (χ3v) is 6.50. The number of likely N-dealkylation sites (tertiary alicyclic amines) is 1. The van der Waals surface area contributed by atoms with Gasteiger partial charge in [0, 0.05) is 13.1 Å². The number of hydrogen-bond donors (Lipinski definition) is 0. The Labute approximate surface area is 170 Å². The van der Waals surface area contributed by atoms with Crippen molar-refractivity contribution in [3.63, 3.8) is 0 Å². The molecule has 2 aromatic carbocycles. The number of hydrogen-bond acceptors (Lipinski definition) is 4. The molecule has 4 rings (SSSR count). The zero-order valence-electron chi connectivity index (χ0n) is 16.4. The molecule has 1 aliphatic heterocycles. The first-order chi connectivity index (χ1) is 13.7. The van der Waals surface area contributed by atoms with Gasteiger partial charge in [-0.3, -0.25) is 9.69 Å². The maximum absolute atomic E-state index is 12.7. The minimum Gasteiger partial charge on any atom is -0.342 e. The molecule has 2 heterocycles. The molecule has 1 aromatic heterocycles. The van der Waals surface area contributed by atoms with Gasteiger partial charge in [-0.15, -0.1) is 11.3 Å². The van der Waals surface area contributed by atoms with Gasteiger partial charge in [-0.05, 0) is 49.9 Å². The fourth-order valence-electron chi connectivity index (χ4n) is 3.94. The van der Waals surface area contributed by atoms with Crippen LogP contribution in [-0.4, -0.2) is 47.4 Å². The molecule has 0 unspecified atom stereocenters. The van der Waals surface area contributed by atoms with Crippen LogP contribution in [0.15, 0.2) is 54.6 Å². The van der Waals surface area contributed by atoms with E-state index in [0.29, 0.717) is 12.5 Å². The third kappa shape index (κ3) is 4.78. The molecule has 146 valence electrons. The second kappa shape index (κ2) is 8.84. The molecular weight excluding hydrogens is 366 g/mol. The molecule has 0 atom stereocenters. The van der Waals surface area contributed by atoms with Crippen molar-refractivity contribution in [1.29, 1.82) is 0 Å². The highest BCUT2D eigenvalue weighted by Crippen LogP contribution is 2.23. The third-order valence-electron chi connectivity index (χ3n) is 5.48. The summed E-state index contributed by atoms with van der Waals surface area (Å²) >= 11 is 1.71. The smallest absolute Gasteiger partial charge is 0.236 e. The summed E-state index contributed by atoms with van der Waals surface area (Å²) < 4.78 is 1.21. The molecule has 28 heavy (non-hydrogen) atoms. The van der Waals surface area contributed by atoms with E-state index in [-0.39, 0.29) is 5.91 Å². The fourth-order valence-corrected chi connectivity index (χ4v) is 4.99. The van der Waals surface area contributed by atoms with Gasteiger partial charge in [-0.1, -0.05) is 42.5 Å². The van der Waals surface area contributed by atoms with Crippen LogP contribution in [0.1, 0.15) is 23.4 Å². The number of fused-ring (bicyclic) bond motifs is 1. The highest BCUT2D eigenvalue weighted by atomic mass is 32.1. The molecule has 1 aliphatic rings. The van der Waals surface area contributed by atoms with Crippen molar-refractivity contribution < 1.29 is 4.79 Å². The van der Waals surface area contributed by atoms with Crippen molar-refractivity contribution in [2.75, 3.05) is 26.7 Å². The zero-order valence-corrected chi connectivity index (χ0v) is 17.2. The van der Waals surface area contributed by atoms with Crippen LogP contribution in [0.25, 0.3) is 10.2 Å². The van der Waals surface area contributed by atoms with E-state index in [2.05, 4.69) is 46.3 Å². The maximum Gasteiger partial charge on any atom is 0.236 e. The summed E-state index contributed by atoms with van der Waals surface area (Å²) in [7, 11) is 2.01. The summed E-state index contributed by atoms with van der Waals surface area (Å²) in [6.07, 6.45) is 3.32. The van der Waals surface area contributed by atoms with Crippen molar-refractivity contribution in [2.24, 2.45) is 5.92 Å². The first kappa shape index (κ1) is 19.1. The van der Waals surface area contributed by atoms with Crippen molar-refractivity contribution in [3.05, 3.63) is 65.2 Å². The number of rotatable bonds is 6. The topological polar surface area (TPSA) is 36.4 Å². The van der Waals surface area contributed by atoms with Gasteiger partial charge >= 0.3 is 0 Å². The second-order valence-electron chi connectivity index (χ2n) is 7.76. The van der Waals surface area contributed by atoms with E-state index in [1.54, 1.807) is 11.3 Å². The number of piperidine rings is 1. The van der Waals surface area contributed by atoms with Gasteiger partial charge in [-0.2, -0.15) is 0 Å². The van der Waals surface area contributed by atoms with Gasteiger partial charge in [0.1, 0.15) is 5.01 Å². The number of amides is 1. The number of aromatic nitrogens is 1. The number of benzene rings is 2. The Morgan fingerprint density at radius 3 is 2.57 bits per heavy atom. The first-order valence-corrected chi connectivity index (χ1v) is 10.8. The fraction of sp³-hybridized carbons (Fsp3) is 0.391. The molecule has 0 spiro atoms. The van der Waals surface area contributed by atoms with E-state index in [1.807, 2.05) is 30.1 Å². The highest BCUT2D eigenvalue weighted by molar-refractivity contribution is 7.18. The average molecular weight is 394 g/mol. The van der Waals surface area contributed by atoms with Gasteiger partial charge in [-0.25, -0.2) is 4.98 Å². The lowest BCUT2D eigenvalue weighted by atomic mass is 9.90. The molecule has 0 bridgehead atoms. The maximum atomic E-state index is 12.7. The monoisotopic (exact) mass is 393 g/mol. The Hall–Kier alpha value is -2.24. The van der Waals surface area contributed by atoms with Crippen molar-refractivity contribution in [1.82, 2.24) is 14.8 Å². The van der Waals surface area contributed by atoms with Crippen LogP contribution in [0.2, 0.25) is 0 Å². The van der Waals surface area contributed by atoms with E-state index >= 15 is 0 Å². The zero-order chi connectivity index (χ0) is 19.3. The molecule has 5 heteroatoms. The summed E-state index contributed by atoms with van der Waals surface area (Å²) in [6.45, 7) is 2.94. The van der Waals surface area contributed by atoms with E-state index in [4.69, 9.17) is 0 Å². The standard InChI is InChI=1S/C23H27N3OS/c1-25(16-22-24-20-9-5-6-10-21(20)28-22)17-23(27)26-13-11-19(12-14-26)15-18-7-3-2-4-8-18/h2-10,19H,11-17H2,1H3. The van der Waals surface area contributed by atoms with Crippen LogP contribution in [-0.2, 0) is 17.8 Å². The predicted octanol–water partition coefficient (Wildman–Crippen LogP) is 4.21. The molecule has 3 aromatic rings. The summed E-state index contributed by atoms with van der Waals surface area (Å²) in [4.78, 5) is 21.5. The normalized spacial score (nSPS) is 15.4. The molecule has 1 fully saturated rings. The Morgan fingerprint density at radius 2 is 1.82 bits per heavy atom. The molecule has 0 radical (unpaired) electrons. The molecule has 0 aliphatic carbocycles. The average Bonchev–Trinajstić information content (AvgIpc) is 3.11. The summed E-state index contributed by atoms with van der Waals surface area (Å²) in [5.41, 5.74) is 2.45. The highest BCUT2D eigenvalue weighted by Gasteiger charge is 2.23. The minimum atomic E-state index is 0.238. The minimum absolute atomic E-state index is 0.238. The molecular formula is C23H27N3OS. The van der Waals surface area contributed by atoms with Crippen molar-refractivity contribution in [3.8, 4) is 0 Å². The van der Waals surface area contributed by atoms with Crippen LogP contribution in [0.4, 0.5) is 0 Å². The lowest BCUT2D eigenvalue weighted by Crippen LogP contribution is -2.43. The molecule has 1 saturated heterocycles. The Morgan fingerprint density at radius 1 is 1.11 bits per heavy atom. The number of likely N-dealkylation sites (N-methyl/N-ethyl adjacent to an activating group) is 1. The molecule has 0 N–H and O–H groups in total. The van der Waals surface area contributed by atoms with Gasteiger partial charge in [0.25, 0.3) is 0 Å². The Bertz CT molecular complexity index is 883. The van der Waals surface area contributed by atoms with E-state index < -0.39 is 0 Å². The summed E-state index contributed by atoms with van der Waals surface area (Å²) in [6, 6.07) is 18.9. The Kier molecular flexibility index (Phi) is 6.03. The van der Waals surface area contributed by atoms with Gasteiger partial charge in [0.15, 0.2) is 0 Å². The van der Waals surface area contributed by atoms with Crippen LogP contribution in [0, 0.1) is 5.92 Å². The molecule has 4 nitrogen and oxygen atoms in total. The second-order valence-corrected chi connectivity index (χ2v) is 8.88. The number of para-hydroxylation sites is 1. The van der Waals surface area contributed by atoms with E-state index in [9.17, 15) is 4.79 Å². The lowest BCUT2D eigenvalue weighted by Gasteiger charge is -2.33. The molecule has 0 saturated carbocycles. The summed E-state index contributed by atoms with van der Waals surface area (Å²) in [5, 5.41) is 1.07. The number of carbonyl (C=O) groups excluding carboxylic acids is 1. The number of thiazole rings is 1. The van der Waals surface area contributed by atoms with Crippen LogP contribution in [0.3, 0.4) is 0 Å². The summed E-state index contributed by atoms with van der Waals surface area (Å²) in [5.74, 6) is 0.925. The number of carbonyl (C=O) groups is 1. The van der Waals surface area contributed by atoms with Gasteiger partial charge < -0.3 is 4.90 Å². The Balaban J connectivity index is 1.24. The van der Waals surface area contributed by atoms with Crippen LogP contribution < -0.4 is 0 Å². The SMILES string of the molecule is CN(CC(=O)N1CCC(Cc2ccccc2)CC1)Cc1nc2ccccc2s1. The predicted molar refractivity (Wildman–Crippen MR) is 115 cm³/mol. The largest absolute Gasteiger partial charge is 0.342 e. The van der Waals surface area contributed by atoms with E-state index in [1.165, 1.54) is 10.3 Å². The molecule has 1 amide bonds.